The van der Waals surface area contributed by atoms with Crippen molar-refractivity contribution >= 4 is 46.0 Å². The molecule has 42 heavy (non-hydrogen) atoms. The second-order valence-corrected chi connectivity index (χ2v) is 13.1. The molecule has 1 aliphatic rings. The number of carbonyl (C=O) groups excluding carboxylic acids is 3. The van der Waals surface area contributed by atoms with Crippen molar-refractivity contribution in [3.8, 4) is 0 Å². The zero-order valence-electron chi connectivity index (χ0n) is 24.3. The van der Waals surface area contributed by atoms with Gasteiger partial charge >= 0.3 is 0 Å². The largest absolute Gasteiger partial charge is 0.395 e. The van der Waals surface area contributed by atoms with Gasteiger partial charge < -0.3 is 20.2 Å². The molecule has 11 heteroatoms. The summed E-state index contributed by atoms with van der Waals surface area (Å²) in [5.41, 5.74) is 3.26. The van der Waals surface area contributed by atoms with Crippen LogP contribution in [0.4, 0.5) is 5.13 Å². The van der Waals surface area contributed by atoms with Crippen molar-refractivity contribution in [2.45, 2.75) is 49.7 Å². The second kappa shape index (κ2) is 15.3. The molecule has 1 aromatic heterocycles. The first-order valence-corrected chi connectivity index (χ1v) is 16.0. The highest BCUT2D eigenvalue weighted by Crippen LogP contribution is 2.31. The molecule has 4 rings (SSSR count). The fraction of sp³-hybridized carbons (Fsp3) is 0.419. The summed E-state index contributed by atoms with van der Waals surface area (Å²) in [6.45, 7) is 8.75. The number of benzene rings is 2. The van der Waals surface area contributed by atoms with E-state index in [9.17, 15) is 19.5 Å². The summed E-state index contributed by atoms with van der Waals surface area (Å²) in [6.07, 6.45) is 2.65. The van der Waals surface area contributed by atoms with Gasteiger partial charge in [-0.15, -0.1) is 11.8 Å². The van der Waals surface area contributed by atoms with E-state index < -0.39 is 0 Å². The van der Waals surface area contributed by atoms with Gasteiger partial charge in [-0.2, -0.15) is 0 Å². The van der Waals surface area contributed by atoms with Crippen molar-refractivity contribution in [3.05, 3.63) is 77.0 Å². The average Bonchev–Trinajstić information content (AvgIpc) is 3.45. The molecule has 9 nitrogen and oxygen atoms in total. The van der Waals surface area contributed by atoms with Gasteiger partial charge in [0.05, 0.1) is 17.0 Å². The lowest BCUT2D eigenvalue weighted by Gasteiger charge is -2.34. The Morgan fingerprint density at radius 3 is 2.38 bits per heavy atom. The number of hydrogen-bond donors (Lipinski definition) is 3. The number of aromatic nitrogens is 1. The maximum absolute atomic E-state index is 13.0. The highest BCUT2D eigenvalue weighted by molar-refractivity contribution is 8.00. The monoisotopic (exact) mass is 609 g/mol. The molecule has 2 aromatic carbocycles. The van der Waals surface area contributed by atoms with E-state index in [1.165, 1.54) is 11.3 Å². The van der Waals surface area contributed by atoms with Crippen LogP contribution in [-0.2, 0) is 17.1 Å². The van der Waals surface area contributed by atoms with Gasteiger partial charge in [0.25, 0.3) is 11.8 Å². The predicted molar refractivity (Wildman–Crippen MR) is 168 cm³/mol. The van der Waals surface area contributed by atoms with E-state index >= 15 is 0 Å². The van der Waals surface area contributed by atoms with Crippen LogP contribution in [0.2, 0.25) is 0 Å². The number of nitrogens with zero attached hydrogens (tertiary/aromatic N) is 3. The van der Waals surface area contributed by atoms with Crippen LogP contribution in [0, 0.1) is 5.92 Å². The Morgan fingerprint density at radius 2 is 1.71 bits per heavy atom. The molecular formula is C31H39N5O4S2. The fourth-order valence-corrected chi connectivity index (χ4v) is 6.55. The molecule has 1 unspecified atom stereocenters. The van der Waals surface area contributed by atoms with Crippen LogP contribution in [0.3, 0.4) is 0 Å². The summed E-state index contributed by atoms with van der Waals surface area (Å²) in [4.78, 5) is 45.3. The van der Waals surface area contributed by atoms with Crippen LogP contribution in [0.25, 0.3) is 0 Å². The smallest absolute Gasteiger partial charge is 0.257 e. The van der Waals surface area contributed by atoms with Crippen molar-refractivity contribution in [2.24, 2.45) is 5.92 Å². The third kappa shape index (κ3) is 9.12. The summed E-state index contributed by atoms with van der Waals surface area (Å²) in [7, 11) is 0. The number of rotatable bonds is 12. The molecule has 3 amide bonds. The molecule has 1 atom stereocenters. The number of anilines is 1. The summed E-state index contributed by atoms with van der Waals surface area (Å²) in [5, 5.41) is 16.3. The average molecular weight is 610 g/mol. The van der Waals surface area contributed by atoms with E-state index in [1.807, 2.05) is 36.4 Å². The Hall–Kier alpha value is -3.25. The maximum atomic E-state index is 13.0. The van der Waals surface area contributed by atoms with Gasteiger partial charge in [-0.25, -0.2) is 4.98 Å². The van der Waals surface area contributed by atoms with Crippen LogP contribution >= 0.6 is 23.1 Å². The van der Waals surface area contributed by atoms with Crippen molar-refractivity contribution in [1.29, 1.82) is 0 Å². The Labute approximate surface area is 255 Å². The Morgan fingerprint density at radius 1 is 1.00 bits per heavy atom. The molecule has 0 radical (unpaired) electrons. The maximum Gasteiger partial charge on any atom is 0.257 e. The molecule has 224 valence electrons. The van der Waals surface area contributed by atoms with E-state index in [4.69, 9.17) is 0 Å². The number of carbonyl (C=O) groups is 3. The normalized spacial score (nSPS) is 14.2. The Kier molecular flexibility index (Phi) is 11.5. The fourth-order valence-electron chi connectivity index (χ4n) is 4.74. The van der Waals surface area contributed by atoms with Gasteiger partial charge in [0.1, 0.15) is 0 Å². The lowest BCUT2D eigenvalue weighted by molar-refractivity contribution is -0.130. The molecule has 0 saturated carbocycles. The Bertz CT molecular complexity index is 1350. The van der Waals surface area contributed by atoms with Crippen LogP contribution in [-0.4, -0.2) is 76.4 Å². The van der Waals surface area contributed by atoms with E-state index in [1.54, 1.807) is 46.8 Å². The lowest BCUT2D eigenvalue weighted by Crippen LogP contribution is -2.50. The molecule has 0 spiro atoms. The van der Waals surface area contributed by atoms with E-state index in [2.05, 4.69) is 29.5 Å². The highest BCUT2D eigenvalue weighted by atomic mass is 32.2. The summed E-state index contributed by atoms with van der Waals surface area (Å²) in [5.74, 6) is 0.972. The third-order valence-electron chi connectivity index (χ3n) is 7.06. The summed E-state index contributed by atoms with van der Waals surface area (Å²) >= 11 is 3.01. The minimum atomic E-state index is -0.219. The number of piperazine rings is 1. The molecule has 1 fully saturated rings. The number of hydrogen-bond acceptors (Lipinski definition) is 8. The van der Waals surface area contributed by atoms with Gasteiger partial charge in [-0.1, -0.05) is 49.4 Å². The van der Waals surface area contributed by atoms with Crippen molar-refractivity contribution in [3.63, 3.8) is 0 Å². The number of aliphatic hydroxyl groups is 1. The van der Waals surface area contributed by atoms with Crippen molar-refractivity contribution < 1.29 is 19.5 Å². The standard InChI is InChI=1S/C31H39N5O4S2/c1-21(2)15-27(19-37)32-17-23-7-9-25(10-8-23)29(39)34-31-33-18-28(42-31)41-20-24-5-4-6-26(16-24)30(40)36-13-11-35(12-14-36)22(3)38/h4-10,16,18,21,27,32,37H,11-15,17,19-20H2,1-3H3,(H,33,34,39). The van der Waals surface area contributed by atoms with Gasteiger partial charge in [-0.05, 0) is 47.7 Å². The first kappa shape index (κ1) is 31.7. The van der Waals surface area contributed by atoms with E-state index in [0.717, 1.165) is 21.8 Å². The predicted octanol–water partition coefficient (Wildman–Crippen LogP) is 4.49. The zero-order valence-corrected chi connectivity index (χ0v) is 26.0. The topological polar surface area (TPSA) is 115 Å². The van der Waals surface area contributed by atoms with Gasteiger partial charge in [-0.3, -0.25) is 19.7 Å². The molecular weight excluding hydrogens is 571 g/mol. The summed E-state index contributed by atoms with van der Waals surface area (Å²) in [6, 6.07) is 15.1. The van der Waals surface area contributed by atoms with E-state index in [0.29, 0.717) is 60.7 Å². The van der Waals surface area contributed by atoms with E-state index in [-0.39, 0.29) is 30.4 Å². The molecule has 0 bridgehead atoms. The Balaban J connectivity index is 1.25. The van der Waals surface area contributed by atoms with Crippen molar-refractivity contribution in [2.75, 3.05) is 38.1 Å². The van der Waals surface area contributed by atoms with Gasteiger partial charge in [0, 0.05) is 62.6 Å². The van der Waals surface area contributed by atoms with Gasteiger partial charge in [0.2, 0.25) is 5.91 Å². The SMILES string of the molecule is CC(=O)N1CCN(C(=O)c2cccc(CSc3cnc(NC(=O)c4ccc(CNC(CO)CC(C)C)cc4)s3)c2)CC1. The number of thiazole rings is 1. The lowest BCUT2D eigenvalue weighted by atomic mass is 10.0. The van der Waals surface area contributed by atoms with Crippen LogP contribution < -0.4 is 10.6 Å². The molecule has 3 N–H and O–H groups in total. The van der Waals surface area contributed by atoms with Crippen LogP contribution in [0.5, 0.6) is 0 Å². The van der Waals surface area contributed by atoms with Gasteiger partial charge in [0.15, 0.2) is 5.13 Å². The van der Waals surface area contributed by atoms with Crippen LogP contribution in [0.15, 0.2) is 58.9 Å². The molecule has 2 heterocycles. The number of amides is 3. The minimum absolute atomic E-state index is 0.0161. The number of nitrogens with one attached hydrogen (secondary N) is 2. The quantitative estimate of drug-likeness (QED) is 0.259. The molecule has 3 aromatic rings. The molecule has 1 aliphatic heterocycles. The van der Waals surface area contributed by atoms with Crippen molar-refractivity contribution in [1.82, 2.24) is 20.1 Å². The minimum Gasteiger partial charge on any atom is -0.395 e. The number of thioether (sulfide) groups is 1. The second-order valence-electron chi connectivity index (χ2n) is 10.8. The summed E-state index contributed by atoms with van der Waals surface area (Å²) < 4.78 is 0.962. The molecule has 0 aliphatic carbocycles. The first-order valence-electron chi connectivity index (χ1n) is 14.2. The highest BCUT2D eigenvalue weighted by Gasteiger charge is 2.23. The third-order valence-corrected chi connectivity index (χ3v) is 9.24. The first-order chi connectivity index (χ1) is 20.2. The molecule has 1 saturated heterocycles. The number of aliphatic hydroxyl groups excluding tert-OH is 1. The van der Waals surface area contributed by atoms with Crippen LogP contribution in [0.1, 0.15) is 59.0 Å². The zero-order chi connectivity index (χ0) is 30.1.